The van der Waals surface area contributed by atoms with Crippen LogP contribution in [-0.4, -0.2) is 38.5 Å². The maximum absolute atomic E-state index is 12.6. The Labute approximate surface area is 134 Å². The van der Waals surface area contributed by atoms with Gasteiger partial charge < -0.3 is 4.90 Å². The van der Waals surface area contributed by atoms with E-state index in [4.69, 9.17) is 0 Å². The van der Waals surface area contributed by atoms with Crippen molar-refractivity contribution in [3.63, 3.8) is 0 Å². The van der Waals surface area contributed by atoms with E-state index in [0.29, 0.717) is 0 Å². The number of benzene rings is 1. The average Bonchev–Trinajstić information content (AvgIpc) is 3.06. The van der Waals surface area contributed by atoms with Gasteiger partial charge in [-0.3, -0.25) is 4.79 Å². The molecule has 1 amide bonds. The zero-order valence-corrected chi connectivity index (χ0v) is 12.8. The number of carbonyl (C=O) groups is 1. The normalized spacial score (nSPS) is 18.3. The molecule has 0 N–H and O–H groups in total. The Kier molecular flexibility index (Phi) is 3.54. The van der Waals surface area contributed by atoms with Crippen LogP contribution in [-0.2, 0) is 0 Å². The molecule has 0 aliphatic carbocycles. The van der Waals surface area contributed by atoms with E-state index in [2.05, 4.69) is 10.1 Å². The molecule has 4 rings (SSSR count). The molecule has 1 unspecified atom stereocenters. The molecule has 1 saturated heterocycles. The molecule has 1 aliphatic rings. The van der Waals surface area contributed by atoms with Gasteiger partial charge in [-0.15, -0.1) is 0 Å². The molecule has 1 aromatic carbocycles. The second-order valence-electron chi connectivity index (χ2n) is 5.95. The first-order valence-electron chi connectivity index (χ1n) is 7.96. The number of nitrogens with zero attached hydrogens (tertiary/aromatic N) is 4. The molecule has 5 heteroatoms. The van der Waals surface area contributed by atoms with Crippen LogP contribution in [0.4, 0.5) is 0 Å². The van der Waals surface area contributed by atoms with Gasteiger partial charge in [0.1, 0.15) is 0 Å². The van der Waals surface area contributed by atoms with Gasteiger partial charge in [0.05, 0.1) is 5.69 Å². The Hall–Kier alpha value is -2.69. The third-order valence-electron chi connectivity index (χ3n) is 4.40. The number of piperidine rings is 1. The summed E-state index contributed by atoms with van der Waals surface area (Å²) >= 11 is 0. The summed E-state index contributed by atoms with van der Waals surface area (Å²) in [7, 11) is 0. The second kappa shape index (κ2) is 5.83. The molecule has 1 fully saturated rings. The zero-order valence-electron chi connectivity index (χ0n) is 12.8. The van der Waals surface area contributed by atoms with Crippen LogP contribution in [0.3, 0.4) is 0 Å². The van der Waals surface area contributed by atoms with E-state index >= 15 is 0 Å². The number of fused-ring (bicyclic) bond motifs is 1. The summed E-state index contributed by atoms with van der Waals surface area (Å²) in [6, 6.07) is 13.4. The smallest absolute Gasteiger partial charge is 0.253 e. The summed E-state index contributed by atoms with van der Waals surface area (Å²) in [6.45, 7) is 1.54. The van der Waals surface area contributed by atoms with E-state index in [9.17, 15) is 4.79 Å². The highest BCUT2D eigenvalue weighted by molar-refractivity contribution is 5.94. The number of amides is 1. The van der Waals surface area contributed by atoms with Crippen molar-refractivity contribution >= 4 is 11.6 Å². The lowest BCUT2D eigenvalue weighted by Gasteiger charge is -2.32. The quantitative estimate of drug-likeness (QED) is 0.731. The molecule has 0 spiro atoms. The summed E-state index contributed by atoms with van der Waals surface area (Å²) in [6.07, 6.45) is 5.74. The minimum atomic E-state index is 0.109. The van der Waals surface area contributed by atoms with Crippen LogP contribution in [0.25, 0.3) is 5.65 Å². The lowest BCUT2D eigenvalue weighted by molar-refractivity contribution is 0.0706. The number of rotatable bonds is 2. The number of aromatic nitrogens is 3. The number of likely N-dealkylation sites (tertiary alicyclic amines) is 1. The predicted molar refractivity (Wildman–Crippen MR) is 87.3 cm³/mol. The van der Waals surface area contributed by atoms with Crippen LogP contribution < -0.4 is 0 Å². The zero-order chi connectivity index (χ0) is 15.6. The van der Waals surface area contributed by atoms with Crippen LogP contribution in [0.2, 0.25) is 0 Å². The highest BCUT2D eigenvalue weighted by Gasteiger charge is 2.27. The number of carbonyl (C=O) groups excluding carboxylic acids is 1. The molecular weight excluding hydrogens is 288 g/mol. The van der Waals surface area contributed by atoms with Crippen molar-refractivity contribution in [1.82, 2.24) is 19.5 Å². The molecule has 3 aromatic rings. The first-order chi connectivity index (χ1) is 11.3. The fraction of sp³-hybridized carbons (Fsp3) is 0.278. The van der Waals surface area contributed by atoms with Crippen molar-refractivity contribution in [3.05, 3.63) is 66.1 Å². The van der Waals surface area contributed by atoms with Crippen LogP contribution in [0.5, 0.6) is 0 Å². The standard InChI is InChI=1S/C18H18N4O/c23-18(14-6-2-1-3-7-14)21-10-4-8-15(13-21)16-12-17-19-9-5-11-22(17)20-16/h1-3,5-7,9,11-12,15H,4,8,10,13H2. The van der Waals surface area contributed by atoms with Gasteiger partial charge in [0.15, 0.2) is 5.65 Å². The van der Waals surface area contributed by atoms with Gasteiger partial charge in [0.25, 0.3) is 5.91 Å². The number of hydrogen-bond acceptors (Lipinski definition) is 3. The third-order valence-corrected chi connectivity index (χ3v) is 4.40. The molecule has 1 atom stereocenters. The minimum absolute atomic E-state index is 0.109. The Bertz CT molecular complexity index is 794. The molecular formula is C18H18N4O. The monoisotopic (exact) mass is 306 g/mol. The average molecular weight is 306 g/mol. The molecule has 1 aliphatic heterocycles. The van der Waals surface area contributed by atoms with Crippen LogP contribution in [0.15, 0.2) is 54.9 Å². The topological polar surface area (TPSA) is 50.5 Å². The Morgan fingerprint density at radius 3 is 2.87 bits per heavy atom. The van der Waals surface area contributed by atoms with Gasteiger partial charge in [-0.05, 0) is 31.0 Å². The molecule has 0 bridgehead atoms. The summed E-state index contributed by atoms with van der Waals surface area (Å²) < 4.78 is 1.80. The molecule has 0 radical (unpaired) electrons. The highest BCUT2D eigenvalue weighted by atomic mass is 16.2. The van der Waals surface area contributed by atoms with Crippen molar-refractivity contribution in [3.8, 4) is 0 Å². The summed E-state index contributed by atoms with van der Waals surface area (Å²) in [5, 5.41) is 4.62. The van der Waals surface area contributed by atoms with Crippen molar-refractivity contribution in [1.29, 1.82) is 0 Å². The molecule has 2 aromatic heterocycles. The van der Waals surface area contributed by atoms with E-state index in [0.717, 1.165) is 42.8 Å². The van der Waals surface area contributed by atoms with E-state index < -0.39 is 0 Å². The van der Waals surface area contributed by atoms with E-state index in [1.807, 2.05) is 53.6 Å². The van der Waals surface area contributed by atoms with Gasteiger partial charge in [0, 0.05) is 43.0 Å². The van der Waals surface area contributed by atoms with Crippen molar-refractivity contribution < 1.29 is 4.79 Å². The maximum Gasteiger partial charge on any atom is 0.253 e. The largest absolute Gasteiger partial charge is 0.338 e. The van der Waals surface area contributed by atoms with Crippen molar-refractivity contribution in [2.45, 2.75) is 18.8 Å². The Morgan fingerprint density at radius 2 is 2.04 bits per heavy atom. The van der Waals surface area contributed by atoms with E-state index in [1.54, 1.807) is 10.7 Å². The van der Waals surface area contributed by atoms with Gasteiger partial charge >= 0.3 is 0 Å². The molecule has 0 saturated carbocycles. The van der Waals surface area contributed by atoms with Gasteiger partial charge in [0.2, 0.25) is 0 Å². The summed E-state index contributed by atoms with van der Waals surface area (Å²) in [5.74, 6) is 0.385. The summed E-state index contributed by atoms with van der Waals surface area (Å²) in [4.78, 5) is 18.9. The lowest BCUT2D eigenvalue weighted by Crippen LogP contribution is -2.39. The molecule has 23 heavy (non-hydrogen) atoms. The second-order valence-corrected chi connectivity index (χ2v) is 5.95. The summed E-state index contributed by atoms with van der Waals surface area (Å²) in [5.41, 5.74) is 2.63. The van der Waals surface area contributed by atoms with Gasteiger partial charge in [-0.1, -0.05) is 18.2 Å². The lowest BCUT2D eigenvalue weighted by atomic mass is 9.94. The van der Waals surface area contributed by atoms with Crippen LogP contribution in [0, 0.1) is 0 Å². The fourth-order valence-corrected chi connectivity index (χ4v) is 3.21. The van der Waals surface area contributed by atoms with Crippen molar-refractivity contribution in [2.24, 2.45) is 0 Å². The minimum Gasteiger partial charge on any atom is -0.338 e. The first kappa shape index (κ1) is 13.9. The van der Waals surface area contributed by atoms with Gasteiger partial charge in [-0.25, -0.2) is 9.50 Å². The Morgan fingerprint density at radius 1 is 1.17 bits per heavy atom. The molecule has 3 heterocycles. The molecule has 5 nitrogen and oxygen atoms in total. The molecule has 116 valence electrons. The SMILES string of the molecule is O=C(c1ccccc1)N1CCCC(c2cc3ncccn3n2)C1. The maximum atomic E-state index is 12.6. The van der Waals surface area contributed by atoms with Crippen LogP contribution >= 0.6 is 0 Å². The first-order valence-corrected chi connectivity index (χ1v) is 7.96. The van der Waals surface area contributed by atoms with E-state index in [-0.39, 0.29) is 11.8 Å². The highest BCUT2D eigenvalue weighted by Crippen LogP contribution is 2.27. The van der Waals surface area contributed by atoms with E-state index in [1.165, 1.54) is 0 Å². The predicted octanol–water partition coefficient (Wildman–Crippen LogP) is 2.75. The van der Waals surface area contributed by atoms with Crippen LogP contribution in [0.1, 0.15) is 34.8 Å². The van der Waals surface area contributed by atoms with Crippen molar-refractivity contribution in [2.75, 3.05) is 13.1 Å². The third kappa shape index (κ3) is 2.70. The fourth-order valence-electron chi connectivity index (χ4n) is 3.21. The van der Waals surface area contributed by atoms with Gasteiger partial charge in [-0.2, -0.15) is 5.10 Å². The number of hydrogen-bond donors (Lipinski definition) is 0. The Balaban J connectivity index is 1.56.